The lowest BCUT2D eigenvalue weighted by molar-refractivity contribution is -0.0728. The topological polar surface area (TPSA) is 9.23 Å². The highest BCUT2D eigenvalue weighted by molar-refractivity contribution is 5.03. The van der Waals surface area contributed by atoms with Gasteiger partial charge in [0.2, 0.25) is 0 Å². The van der Waals surface area contributed by atoms with E-state index >= 15 is 0 Å². The second kappa shape index (κ2) is 8.15. The molecule has 4 unspecified atom stereocenters. The Morgan fingerprint density at radius 2 is 1.42 bits per heavy atom. The Morgan fingerprint density at radius 1 is 0.833 bits per heavy atom. The van der Waals surface area contributed by atoms with Gasteiger partial charge in [0.15, 0.2) is 6.17 Å². The summed E-state index contributed by atoms with van der Waals surface area (Å²) in [6.45, 7) is 3.77. The fraction of sp³-hybridized carbons (Fsp3) is 0.857. The van der Waals surface area contributed by atoms with Gasteiger partial charge in [-0.1, -0.05) is 6.58 Å². The van der Waals surface area contributed by atoms with Crippen molar-refractivity contribution >= 4 is 0 Å². The number of hydrogen-bond donors (Lipinski definition) is 0. The standard InChI is InChI=1S/C21H32F2O/c1-3-14-4-6-15(7-5-14)16-8-10-17(11-9-16)18-12-13-19(24-2)21(23)20(18)22/h15-21H,1,4-13H2,2H3. The van der Waals surface area contributed by atoms with Crippen molar-refractivity contribution in [2.45, 2.75) is 82.7 Å². The number of methoxy groups -OCH3 is 1. The third kappa shape index (κ3) is 3.78. The van der Waals surface area contributed by atoms with Gasteiger partial charge in [0.25, 0.3) is 0 Å². The summed E-state index contributed by atoms with van der Waals surface area (Å²) in [4.78, 5) is 0. The summed E-state index contributed by atoms with van der Waals surface area (Å²) in [6.07, 6.45) is 7.57. The summed E-state index contributed by atoms with van der Waals surface area (Å²) in [7, 11) is 1.49. The second-order valence-electron chi connectivity index (χ2n) is 8.20. The number of hydrogen-bond acceptors (Lipinski definition) is 1. The molecule has 3 fully saturated rings. The van der Waals surface area contributed by atoms with E-state index in [2.05, 4.69) is 12.3 Å². The minimum absolute atomic E-state index is 0.0889. The van der Waals surface area contributed by atoms with Gasteiger partial charge in [0.05, 0.1) is 6.10 Å². The fourth-order valence-electron chi connectivity index (χ4n) is 5.54. The maximum atomic E-state index is 14.5. The first-order valence-corrected chi connectivity index (χ1v) is 9.82. The lowest BCUT2D eigenvalue weighted by Gasteiger charge is -2.42. The molecule has 0 bridgehead atoms. The molecule has 4 atom stereocenters. The average molecular weight is 338 g/mol. The van der Waals surface area contributed by atoms with Crippen LogP contribution in [-0.2, 0) is 4.74 Å². The van der Waals surface area contributed by atoms with Crippen molar-refractivity contribution < 1.29 is 13.5 Å². The van der Waals surface area contributed by atoms with Gasteiger partial charge in [0.1, 0.15) is 6.17 Å². The zero-order chi connectivity index (χ0) is 17.1. The lowest BCUT2D eigenvalue weighted by atomic mass is 9.65. The molecule has 0 aliphatic heterocycles. The highest BCUT2D eigenvalue weighted by Gasteiger charge is 2.44. The molecule has 3 rings (SSSR count). The lowest BCUT2D eigenvalue weighted by Crippen LogP contribution is -2.45. The van der Waals surface area contributed by atoms with Crippen LogP contribution < -0.4 is 0 Å². The molecule has 0 aromatic carbocycles. The Morgan fingerprint density at radius 3 is 2.00 bits per heavy atom. The molecule has 1 nitrogen and oxygen atoms in total. The number of rotatable bonds is 3. The maximum absolute atomic E-state index is 14.5. The molecule has 3 saturated carbocycles. The van der Waals surface area contributed by atoms with Gasteiger partial charge in [0, 0.05) is 7.11 Å². The Hall–Kier alpha value is -0.660. The zero-order valence-corrected chi connectivity index (χ0v) is 15.0. The van der Waals surface area contributed by atoms with Crippen LogP contribution in [0.4, 0.5) is 8.78 Å². The van der Waals surface area contributed by atoms with Crippen molar-refractivity contribution in [3.8, 4) is 0 Å². The third-order valence-corrected chi connectivity index (χ3v) is 7.13. The van der Waals surface area contributed by atoms with Crippen LogP contribution in [0.3, 0.4) is 0 Å². The maximum Gasteiger partial charge on any atom is 0.157 e. The monoisotopic (exact) mass is 338 g/mol. The molecule has 136 valence electrons. The van der Waals surface area contributed by atoms with E-state index in [0.717, 1.165) is 43.9 Å². The van der Waals surface area contributed by atoms with E-state index in [9.17, 15) is 8.78 Å². The second-order valence-corrected chi connectivity index (χ2v) is 8.20. The van der Waals surface area contributed by atoms with Crippen LogP contribution in [0, 0.1) is 23.7 Å². The highest BCUT2D eigenvalue weighted by Crippen LogP contribution is 2.46. The van der Waals surface area contributed by atoms with Crippen LogP contribution in [0.25, 0.3) is 0 Å². The largest absolute Gasteiger partial charge is 0.378 e. The van der Waals surface area contributed by atoms with Crippen LogP contribution in [0.15, 0.2) is 17.9 Å². The number of allylic oxidation sites excluding steroid dienone is 1. The molecule has 0 spiro atoms. The zero-order valence-electron chi connectivity index (χ0n) is 15.0. The Bertz CT molecular complexity index is 452. The third-order valence-electron chi connectivity index (χ3n) is 7.13. The SMILES string of the molecule is C=C=C1CCC(C2CCC(C3CCC(OC)C(F)C3F)CC2)CC1. The summed E-state index contributed by atoms with van der Waals surface area (Å²) in [5.41, 5.74) is 4.47. The molecule has 0 radical (unpaired) electrons. The normalized spacial score (nSPS) is 44.1. The van der Waals surface area contributed by atoms with Crippen LogP contribution in [0.1, 0.15) is 64.2 Å². The Labute approximate surface area is 145 Å². The van der Waals surface area contributed by atoms with Crippen LogP contribution in [-0.4, -0.2) is 25.6 Å². The summed E-state index contributed by atoms with van der Waals surface area (Å²) in [6, 6.07) is 0. The summed E-state index contributed by atoms with van der Waals surface area (Å²) < 4.78 is 33.8. The van der Waals surface area contributed by atoms with Gasteiger partial charge < -0.3 is 4.74 Å². The average Bonchev–Trinajstić information content (AvgIpc) is 2.64. The molecule has 3 aliphatic carbocycles. The number of alkyl halides is 2. The molecular formula is C21H32F2O. The highest BCUT2D eigenvalue weighted by atomic mass is 19.2. The minimum atomic E-state index is -1.44. The van der Waals surface area contributed by atoms with Crippen molar-refractivity contribution in [2.24, 2.45) is 23.7 Å². The van der Waals surface area contributed by atoms with Crippen molar-refractivity contribution in [3.05, 3.63) is 17.9 Å². The molecular weight excluding hydrogens is 306 g/mol. The smallest absolute Gasteiger partial charge is 0.157 e. The first kappa shape index (κ1) is 18.1. The van der Waals surface area contributed by atoms with Gasteiger partial charge in [-0.25, -0.2) is 8.78 Å². The number of halogens is 2. The fourth-order valence-corrected chi connectivity index (χ4v) is 5.54. The molecule has 3 aliphatic rings. The first-order chi connectivity index (χ1) is 11.6. The van der Waals surface area contributed by atoms with Gasteiger partial charge in [-0.05, 0) is 93.5 Å². The molecule has 0 aromatic heterocycles. The van der Waals surface area contributed by atoms with Crippen LogP contribution >= 0.6 is 0 Å². The van der Waals surface area contributed by atoms with E-state index in [-0.39, 0.29) is 5.92 Å². The van der Waals surface area contributed by atoms with Crippen molar-refractivity contribution in [1.29, 1.82) is 0 Å². The predicted octanol–water partition coefficient (Wildman–Crippen LogP) is 5.80. The van der Waals surface area contributed by atoms with E-state index in [1.165, 1.54) is 38.4 Å². The Kier molecular flexibility index (Phi) is 6.16. The summed E-state index contributed by atoms with van der Waals surface area (Å²) in [5.74, 6) is 1.90. The molecule has 0 saturated heterocycles. The predicted molar refractivity (Wildman–Crippen MR) is 93.4 cm³/mol. The molecule has 0 aromatic rings. The molecule has 24 heavy (non-hydrogen) atoms. The first-order valence-electron chi connectivity index (χ1n) is 9.82. The van der Waals surface area contributed by atoms with Crippen LogP contribution in [0.2, 0.25) is 0 Å². The molecule has 3 heteroatoms. The van der Waals surface area contributed by atoms with Gasteiger partial charge >= 0.3 is 0 Å². The number of ether oxygens (including phenoxy) is 1. The van der Waals surface area contributed by atoms with E-state index in [0.29, 0.717) is 12.3 Å². The quantitative estimate of drug-likeness (QED) is 0.591. The summed E-state index contributed by atoms with van der Waals surface area (Å²) in [5, 5.41) is 0. The van der Waals surface area contributed by atoms with Gasteiger partial charge in [-0.15, -0.1) is 5.73 Å². The van der Waals surface area contributed by atoms with Gasteiger partial charge in [-0.3, -0.25) is 0 Å². The van der Waals surface area contributed by atoms with Crippen LogP contribution in [0.5, 0.6) is 0 Å². The molecule has 0 amide bonds. The van der Waals surface area contributed by atoms with E-state index < -0.39 is 18.4 Å². The Balaban J connectivity index is 1.49. The summed E-state index contributed by atoms with van der Waals surface area (Å²) >= 11 is 0. The van der Waals surface area contributed by atoms with Gasteiger partial charge in [-0.2, -0.15) is 0 Å². The van der Waals surface area contributed by atoms with Crippen molar-refractivity contribution in [2.75, 3.05) is 7.11 Å². The minimum Gasteiger partial charge on any atom is -0.378 e. The van der Waals surface area contributed by atoms with Crippen molar-refractivity contribution in [1.82, 2.24) is 0 Å². The molecule has 0 heterocycles. The molecule has 0 N–H and O–H groups in total. The van der Waals surface area contributed by atoms with E-state index in [1.54, 1.807) is 0 Å². The van der Waals surface area contributed by atoms with E-state index in [4.69, 9.17) is 4.74 Å². The van der Waals surface area contributed by atoms with E-state index in [1.807, 2.05) is 0 Å². The van der Waals surface area contributed by atoms with Crippen molar-refractivity contribution in [3.63, 3.8) is 0 Å².